The van der Waals surface area contributed by atoms with Gasteiger partial charge in [-0.1, -0.05) is 12.1 Å². The van der Waals surface area contributed by atoms with Crippen molar-refractivity contribution in [3.05, 3.63) is 41.9 Å². The van der Waals surface area contributed by atoms with Crippen LogP contribution in [0.3, 0.4) is 0 Å². The molecule has 0 amide bonds. The first kappa shape index (κ1) is 17.2. The van der Waals surface area contributed by atoms with Crippen molar-refractivity contribution in [2.45, 2.75) is 20.0 Å². The lowest BCUT2D eigenvalue weighted by molar-refractivity contribution is 0.240. The Balaban J connectivity index is 1.44. The number of anilines is 2. The molecule has 0 aliphatic carbocycles. The maximum Gasteiger partial charge on any atom is 0.227 e. The fourth-order valence-electron chi connectivity index (χ4n) is 3.53. The normalized spacial score (nSPS) is 15.2. The third-order valence-electron chi connectivity index (χ3n) is 5.00. The molecule has 1 fully saturated rings. The molecule has 138 valence electrons. The summed E-state index contributed by atoms with van der Waals surface area (Å²) < 4.78 is 2.28. The Morgan fingerprint density at radius 1 is 1.15 bits per heavy atom. The van der Waals surface area contributed by atoms with Crippen molar-refractivity contribution in [1.82, 2.24) is 24.4 Å². The first-order valence-corrected chi connectivity index (χ1v) is 9.13. The number of piperazine rings is 1. The fraction of sp³-hybridized carbons (Fsp3) is 0.368. The number of nitrogens with two attached hydrogens (primary N) is 1. The minimum atomic E-state index is 0.238. The first-order valence-electron chi connectivity index (χ1n) is 9.13. The third kappa shape index (κ3) is 3.29. The topological polar surface area (TPSA) is 99.9 Å². The monoisotopic (exact) mass is 362 g/mol. The summed E-state index contributed by atoms with van der Waals surface area (Å²) in [6.07, 6.45) is 1.49. The summed E-state index contributed by atoms with van der Waals surface area (Å²) in [7, 11) is 0. The summed E-state index contributed by atoms with van der Waals surface area (Å²) in [6, 6.07) is 10.3. The number of fused-ring (bicyclic) bond motifs is 1. The number of imidazole rings is 1. The van der Waals surface area contributed by atoms with Crippen LogP contribution in [0.15, 0.2) is 30.5 Å². The van der Waals surface area contributed by atoms with Gasteiger partial charge in [-0.15, -0.1) is 0 Å². The van der Waals surface area contributed by atoms with Crippen LogP contribution in [0.2, 0.25) is 0 Å². The van der Waals surface area contributed by atoms with Gasteiger partial charge in [-0.05, 0) is 19.1 Å². The van der Waals surface area contributed by atoms with Crippen molar-refractivity contribution >= 4 is 22.8 Å². The quantitative estimate of drug-likeness (QED) is 0.753. The zero-order valence-corrected chi connectivity index (χ0v) is 15.3. The van der Waals surface area contributed by atoms with E-state index in [1.165, 1.54) is 11.7 Å². The van der Waals surface area contributed by atoms with E-state index < -0.39 is 0 Å². The molecule has 0 unspecified atom stereocenters. The number of aryl methyl sites for hydroxylation is 1. The highest BCUT2D eigenvalue weighted by atomic mass is 15.3. The highest BCUT2D eigenvalue weighted by Gasteiger charge is 2.21. The van der Waals surface area contributed by atoms with Gasteiger partial charge < -0.3 is 15.2 Å². The minimum absolute atomic E-state index is 0.238. The van der Waals surface area contributed by atoms with Crippen molar-refractivity contribution in [3.8, 4) is 6.07 Å². The van der Waals surface area contributed by atoms with Gasteiger partial charge in [-0.25, -0.2) is 9.97 Å². The van der Waals surface area contributed by atoms with E-state index in [2.05, 4.69) is 49.5 Å². The first-order chi connectivity index (χ1) is 13.2. The molecule has 27 heavy (non-hydrogen) atoms. The van der Waals surface area contributed by atoms with Crippen LogP contribution < -0.4 is 10.6 Å². The van der Waals surface area contributed by atoms with Gasteiger partial charge in [0.15, 0.2) is 0 Å². The standard InChI is InChI=1S/C19H22N8/c1-2-27-16-6-4-3-5-15(16)23-17(27)13-25-7-9-26(10-8-25)19-22-12-14(11-20)18(21)24-19/h3-6,12H,2,7-10,13H2,1H3,(H2,21,22,24). The predicted molar refractivity (Wildman–Crippen MR) is 104 cm³/mol. The van der Waals surface area contributed by atoms with Crippen LogP contribution in [0.1, 0.15) is 18.3 Å². The van der Waals surface area contributed by atoms with Crippen molar-refractivity contribution < 1.29 is 0 Å². The second-order valence-electron chi connectivity index (χ2n) is 6.60. The SMILES string of the molecule is CCn1c(CN2CCN(c3ncc(C#N)c(N)n3)CC2)nc2ccccc21. The van der Waals surface area contributed by atoms with E-state index in [0.29, 0.717) is 11.5 Å². The molecular formula is C19H22N8. The molecule has 8 nitrogen and oxygen atoms in total. The van der Waals surface area contributed by atoms with Gasteiger partial charge in [-0.3, -0.25) is 4.90 Å². The zero-order chi connectivity index (χ0) is 18.8. The molecule has 0 spiro atoms. The van der Waals surface area contributed by atoms with Crippen molar-refractivity contribution in [2.75, 3.05) is 36.8 Å². The highest BCUT2D eigenvalue weighted by molar-refractivity contribution is 5.75. The zero-order valence-electron chi connectivity index (χ0n) is 15.3. The smallest absolute Gasteiger partial charge is 0.227 e. The summed E-state index contributed by atoms with van der Waals surface area (Å²) in [4.78, 5) is 17.9. The number of hydrogen-bond acceptors (Lipinski definition) is 7. The van der Waals surface area contributed by atoms with Crippen LogP contribution in [0.25, 0.3) is 11.0 Å². The molecule has 0 radical (unpaired) electrons. The second-order valence-corrected chi connectivity index (χ2v) is 6.60. The van der Waals surface area contributed by atoms with Crippen molar-refractivity contribution in [2.24, 2.45) is 0 Å². The van der Waals surface area contributed by atoms with Crippen LogP contribution in [-0.4, -0.2) is 50.6 Å². The third-order valence-corrected chi connectivity index (χ3v) is 5.00. The molecule has 0 atom stereocenters. The summed E-state index contributed by atoms with van der Waals surface area (Å²) in [5.74, 6) is 1.93. The molecule has 1 aromatic carbocycles. The summed E-state index contributed by atoms with van der Waals surface area (Å²) in [6.45, 7) is 7.32. The highest BCUT2D eigenvalue weighted by Crippen LogP contribution is 2.19. The summed E-state index contributed by atoms with van der Waals surface area (Å²) in [5.41, 5.74) is 8.37. The van der Waals surface area contributed by atoms with Crippen LogP contribution in [0.5, 0.6) is 0 Å². The number of para-hydroxylation sites is 2. The number of aromatic nitrogens is 4. The number of benzene rings is 1. The molecule has 0 bridgehead atoms. The summed E-state index contributed by atoms with van der Waals surface area (Å²) in [5, 5.41) is 8.95. The Morgan fingerprint density at radius 2 is 1.93 bits per heavy atom. The van der Waals surface area contributed by atoms with Gasteiger partial charge in [-0.2, -0.15) is 10.2 Å². The maximum absolute atomic E-state index is 8.95. The number of nitrogens with zero attached hydrogens (tertiary/aromatic N) is 7. The van der Waals surface area contributed by atoms with Crippen LogP contribution >= 0.6 is 0 Å². The van der Waals surface area contributed by atoms with E-state index >= 15 is 0 Å². The van der Waals surface area contributed by atoms with Gasteiger partial charge in [0.2, 0.25) is 5.95 Å². The Morgan fingerprint density at radius 3 is 2.63 bits per heavy atom. The molecule has 3 heterocycles. The van der Waals surface area contributed by atoms with Crippen LogP contribution in [0.4, 0.5) is 11.8 Å². The molecular weight excluding hydrogens is 340 g/mol. The second kappa shape index (κ2) is 7.21. The molecule has 1 saturated heterocycles. The lowest BCUT2D eigenvalue weighted by Gasteiger charge is -2.34. The lowest BCUT2D eigenvalue weighted by atomic mass is 10.3. The molecule has 4 rings (SSSR count). The van der Waals surface area contributed by atoms with Crippen LogP contribution in [0, 0.1) is 11.3 Å². The molecule has 0 saturated carbocycles. The Labute approximate surface area is 157 Å². The lowest BCUT2D eigenvalue weighted by Crippen LogP contribution is -2.46. The average Bonchev–Trinajstić information content (AvgIpc) is 3.05. The predicted octanol–water partition coefficient (Wildman–Crippen LogP) is 1.62. The number of nitrogen functional groups attached to an aromatic ring is 1. The van der Waals surface area contributed by atoms with E-state index in [1.807, 2.05) is 12.1 Å². The fourth-order valence-corrected chi connectivity index (χ4v) is 3.53. The maximum atomic E-state index is 8.95. The largest absolute Gasteiger partial charge is 0.382 e. The average molecular weight is 362 g/mol. The van der Waals surface area contributed by atoms with E-state index in [-0.39, 0.29) is 5.82 Å². The van der Waals surface area contributed by atoms with E-state index in [4.69, 9.17) is 16.0 Å². The minimum Gasteiger partial charge on any atom is -0.382 e. The van der Waals surface area contributed by atoms with Gasteiger partial charge in [0.05, 0.1) is 23.8 Å². The number of rotatable bonds is 4. The number of nitriles is 1. The van der Waals surface area contributed by atoms with Gasteiger partial charge in [0, 0.05) is 32.7 Å². The summed E-state index contributed by atoms with van der Waals surface area (Å²) >= 11 is 0. The molecule has 1 aliphatic heterocycles. The molecule has 1 aliphatic rings. The molecule has 3 aromatic rings. The molecule has 2 N–H and O–H groups in total. The van der Waals surface area contributed by atoms with Gasteiger partial charge in [0.25, 0.3) is 0 Å². The van der Waals surface area contributed by atoms with E-state index in [0.717, 1.165) is 50.6 Å². The Bertz CT molecular complexity index is 995. The number of hydrogen-bond donors (Lipinski definition) is 1. The van der Waals surface area contributed by atoms with E-state index in [1.54, 1.807) is 0 Å². The molecule has 8 heteroatoms. The van der Waals surface area contributed by atoms with Crippen LogP contribution in [-0.2, 0) is 13.1 Å². The van der Waals surface area contributed by atoms with Gasteiger partial charge in [0.1, 0.15) is 23.3 Å². The molecule has 2 aromatic heterocycles. The Kier molecular flexibility index (Phi) is 4.60. The Hall–Kier alpha value is -3.18. The van der Waals surface area contributed by atoms with E-state index in [9.17, 15) is 0 Å². The van der Waals surface area contributed by atoms with Gasteiger partial charge >= 0.3 is 0 Å². The van der Waals surface area contributed by atoms with Crippen molar-refractivity contribution in [3.63, 3.8) is 0 Å². The van der Waals surface area contributed by atoms with Crippen molar-refractivity contribution in [1.29, 1.82) is 5.26 Å².